The number of aryl methyl sites for hydroxylation is 2. The lowest BCUT2D eigenvalue weighted by Crippen LogP contribution is -2.00. The number of benzene rings is 4. The van der Waals surface area contributed by atoms with Crippen LogP contribution in [0.15, 0.2) is 60.7 Å². The van der Waals surface area contributed by atoms with Crippen LogP contribution < -0.4 is 0 Å². The van der Waals surface area contributed by atoms with Crippen molar-refractivity contribution < 1.29 is 30.6 Å². The van der Waals surface area contributed by atoms with Crippen molar-refractivity contribution in [3.05, 3.63) is 105 Å². The average Bonchev–Trinajstić information content (AvgIpc) is 2.83. The Bertz CT molecular complexity index is 1300. The van der Waals surface area contributed by atoms with E-state index in [0.717, 1.165) is 0 Å². The monoisotopic (exact) mass is 472 g/mol. The van der Waals surface area contributed by atoms with Crippen molar-refractivity contribution in [1.82, 2.24) is 0 Å². The fourth-order valence-corrected chi connectivity index (χ4v) is 4.40. The summed E-state index contributed by atoms with van der Waals surface area (Å²) >= 11 is 0. The first kappa shape index (κ1) is 23.8. The van der Waals surface area contributed by atoms with Gasteiger partial charge in [0.15, 0.2) is 0 Å². The molecule has 0 spiro atoms. The van der Waals surface area contributed by atoms with E-state index < -0.39 is 0 Å². The molecule has 6 nitrogen and oxygen atoms in total. The predicted molar refractivity (Wildman–Crippen MR) is 134 cm³/mol. The number of hydrogen-bond acceptors (Lipinski definition) is 6. The van der Waals surface area contributed by atoms with Crippen LogP contribution in [0.25, 0.3) is 0 Å². The van der Waals surface area contributed by atoms with E-state index in [4.69, 9.17) is 0 Å². The molecule has 4 aromatic rings. The third-order valence-electron chi connectivity index (χ3n) is 6.38. The summed E-state index contributed by atoms with van der Waals surface area (Å²) in [7, 11) is 0. The highest BCUT2D eigenvalue weighted by Crippen LogP contribution is 2.41. The van der Waals surface area contributed by atoms with E-state index in [9.17, 15) is 30.6 Å². The molecule has 4 rings (SSSR count). The summed E-state index contributed by atoms with van der Waals surface area (Å²) in [5.41, 5.74) is 3.75. The largest absolute Gasteiger partial charge is 0.508 e. The van der Waals surface area contributed by atoms with Gasteiger partial charge in [0.25, 0.3) is 0 Å². The van der Waals surface area contributed by atoms with Gasteiger partial charge in [0.1, 0.15) is 34.5 Å². The Morgan fingerprint density at radius 1 is 0.457 bits per heavy atom. The van der Waals surface area contributed by atoms with Crippen LogP contribution in [0.1, 0.15) is 44.5 Å². The Hall–Kier alpha value is -4.32. The van der Waals surface area contributed by atoms with Crippen molar-refractivity contribution in [2.75, 3.05) is 0 Å². The van der Waals surface area contributed by atoms with Crippen LogP contribution in [0.4, 0.5) is 0 Å². The molecule has 0 fully saturated rings. The normalized spacial score (nSPS) is 11.0. The van der Waals surface area contributed by atoms with Gasteiger partial charge >= 0.3 is 0 Å². The molecule has 0 saturated carbocycles. The first-order valence-corrected chi connectivity index (χ1v) is 11.3. The second-order valence-corrected chi connectivity index (χ2v) is 8.84. The molecule has 0 aliphatic heterocycles. The maximum Gasteiger partial charge on any atom is 0.126 e. The molecule has 0 amide bonds. The highest BCUT2D eigenvalue weighted by molar-refractivity contribution is 5.60. The second-order valence-electron chi connectivity index (χ2n) is 8.84. The molecule has 0 aromatic heterocycles. The zero-order chi connectivity index (χ0) is 25.3. The zero-order valence-corrected chi connectivity index (χ0v) is 19.6. The van der Waals surface area contributed by atoms with Crippen molar-refractivity contribution in [1.29, 1.82) is 0 Å². The highest BCUT2D eigenvalue weighted by Gasteiger charge is 2.21. The van der Waals surface area contributed by atoms with Crippen LogP contribution in [0.5, 0.6) is 34.5 Å². The van der Waals surface area contributed by atoms with Gasteiger partial charge in [-0.15, -0.1) is 0 Å². The Labute approximate surface area is 203 Å². The van der Waals surface area contributed by atoms with E-state index in [0.29, 0.717) is 33.4 Å². The molecule has 35 heavy (non-hydrogen) atoms. The summed E-state index contributed by atoms with van der Waals surface area (Å²) in [6, 6.07) is 16.8. The Morgan fingerprint density at radius 3 is 1.20 bits per heavy atom. The quantitative estimate of drug-likeness (QED) is 0.226. The third kappa shape index (κ3) is 4.68. The summed E-state index contributed by atoms with van der Waals surface area (Å²) in [5.74, 6) is -0.223. The lowest BCUT2D eigenvalue weighted by molar-refractivity contribution is 0.429. The molecule has 6 heteroatoms. The molecule has 0 aliphatic carbocycles. The minimum absolute atomic E-state index is 0.0548. The molecular formula is C29H28O6. The molecule has 0 atom stereocenters. The molecule has 0 radical (unpaired) electrons. The van der Waals surface area contributed by atoms with Gasteiger partial charge in [0.2, 0.25) is 0 Å². The van der Waals surface area contributed by atoms with Crippen molar-refractivity contribution in [3.63, 3.8) is 0 Å². The van der Waals surface area contributed by atoms with Crippen molar-refractivity contribution >= 4 is 0 Å². The first-order chi connectivity index (χ1) is 16.7. The van der Waals surface area contributed by atoms with E-state index in [2.05, 4.69) is 0 Å². The summed E-state index contributed by atoms with van der Waals surface area (Å²) < 4.78 is 0. The maximum absolute atomic E-state index is 11.1. The summed E-state index contributed by atoms with van der Waals surface area (Å²) in [5, 5.41) is 63.7. The minimum Gasteiger partial charge on any atom is -0.508 e. The second kappa shape index (κ2) is 9.50. The number of phenolic OH excluding ortho intramolecular Hbond substituents is 6. The summed E-state index contributed by atoms with van der Waals surface area (Å²) in [4.78, 5) is 0. The van der Waals surface area contributed by atoms with Crippen molar-refractivity contribution in [3.8, 4) is 34.5 Å². The van der Waals surface area contributed by atoms with E-state index >= 15 is 0 Å². The van der Waals surface area contributed by atoms with Gasteiger partial charge in [0, 0.05) is 30.4 Å². The molecule has 180 valence electrons. The standard InChI is InChI=1S/C29H28O6/c1-16-11-20(28(34)22(26(16)32)14-18-7-3-5-9-24(18)30)13-21-12-17(2)27(33)23(29(21)35)15-19-8-4-6-10-25(19)31/h3-12,30-35H,13-15H2,1-2H3. The molecule has 6 N–H and O–H groups in total. The Balaban J connectivity index is 1.75. The number of aromatic hydroxyl groups is 6. The van der Waals surface area contributed by atoms with Gasteiger partial charge < -0.3 is 30.6 Å². The van der Waals surface area contributed by atoms with Crippen LogP contribution in [0, 0.1) is 13.8 Å². The smallest absolute Gasteiger partial charge is 0.126 e. The molecule has 4 aromatic carbocycles. The van der Waals surface area contributed by atoms with E-state index in [-0.39, 0.29) is 64.9 Å². The molecule has 0 bridgehead atoms. The predicted octanol–water partition coefficient (Wildman–Crippen LogP) is 5.31. The van der Waals surface area contributed by atoms with E-state index in [1.807, 2.05) is 0 Å². The Morgan fingerprint density at radius 2 is 0.829 bits per heavy atom. The van der Waals surface area contributed by atoms with Gasteiger partial charge in [-0.2, -0.15) is 0 Å². The van der Waals surface area contributed by atoms with Crippen LogP contribution in [-0.2, 0) is 19.3 Å². The third-order valence-corrected chi connectivity index (χ3v) is 6.38. The molecule has 0 aliphatic rings. The zero-order valence-electron chi connectivity index (χ0n) is 19.6. The van der Waals surface area contributed by atoms with Gasteiger partial charge in [-0.1, -0.05) is 36.4 Å². The van der Waals surface area contributed by atoms with Crippen molar-refractivity contribution in [2.24, 2.45) is 0 Å². The summed E-state index contributed by atoms with van der Waals surface area (Å²) in [6.45, 7) is 3.44. The lowest BCUT2D eigenvalue weighted by Gasteiger charge is -2.18. The van der Waals surface area contributed by atoms with Gasteiger partial charge in [-0.3, -0.25) is 0 Å². The molecule has 0 unspecified atom stereocenters. The van der Waals surface area contributed by atoms with E-state index in [1.54, 1.807) is 74.5 Å². The number of phenols is 6. The van der Waals surface area contributed by atoms with Crippen molar-refractivity contribution in [2.45, 2.75) is 33.1 Å². The topological polar surface area (TPSA) is 121 Å². The van der Waals surface area contributed by atoms with Crippen LogP contribution >= 0.6 is 0 Å². The van der Waals surface area contributed by atoms with Gasteiger partial charge in [0.05, 0.1) is 0 Å². The molecule has 0 heterocycles. The number of para-hydroxylation sites is 2. The molecular weight excluding hydrogens is 444 g/mol. The number of rotatable bonds is 6. The van der Waals surface area contributed by atoms with Crippen LogP contribution in [0.3, 0.4) is 0 Å². The first-order valence-electron chi connectivity index (χ1n) is 11.3. The SMILES string of the molecule is Cc1cc(Cc2cc(C)c(O)c(Cc3ccccc3O)c2O)c(O)c(Cc2ccccc2O)c1O. The van der Waals surface area contributed by atoms with Crippen LogP contribution in [-0.4, -0.2) is 30.6 Å². The van der Waals surface area contributed by atoms with Crippen LogP contribution in [0.2, 0.25) is 0 Å². The maximum atomic E-state index is 11.1. The van der Waals surface area contributed by atoms with Gasteiger partial charge in [-0.05, 0) is 71.5 Å². The molecule has 0 saturated heterocycles. The van der Waals surface area contributed by atoms with Gasteiger partial charge in [-0.25, -0.2) is 0 Å². The average molecular weight is 473 g/mol. The fraction of sp³-hybridized carbons (Fsp3) is 0.172. The highest BCUT2D eigenvalue weighted by atomic mass is 16.3. The minimum atomic E-state index is -0.122. The fourth-order valence-electron chi connectivity index (χ4n) is 4.40. The summed E-state index contributed by atoms with van der Waals surface area (Å²) in [6.07, 6.45) is 0.387. The lowest BCUT2D eigenvalue weighted by atomic mass is 9.91. The van der Waals surface area contributed by atoms with E-state index in [1.165, 1.54) is 0 Å². The Kier molecular flexibility index (Phi) is 6.47. The number of hydrogen-bond donors (Lipinski definition) is 6.